The van der Waals surface area contributed by atoms with Gasteiger partial charge in [0.1, 0.15) is 5.75 Å². The average molecular weight is 277 g/mol. The predicted octanol–water partition coefficient (Wildman–Crippen LogP) is 2.84. The Labute approximate surface area is 120 Å². The third kappa shape index (κ3) is 2.80. The monoisotopic (exact) mass is 277 g/mol. The van der Waals surface area contributed by atoms with Gasteiger partial charge in [-0.1, -0.05) is 6.92 Å². The molecule has 1 aliphatic rings. The van der Waals surface area contributed by atoms with E-state index in [9.17, 15) is 4.79 Å². The van der Waals surface area contributed by atoms with Crippen molar-refractivity contribution in [2.24, 2.45) is 0 Å². The molecule has 1 aromatic rings. The molecule has 1 unspecified atom stereocenters. The quantitative estimate of drug-likeness (QED) is 0.777. The number of carbonyl (C=O) groups is 1. The van der Waals surface area contributed by atoms with Gasteiger partial charge >= 0.3 is 0 Å². The van der Waals surface area contributed by atoms with Crippen molar-refractivity contribution in [3.63, 3.8) is 0 Å². The van der Waals surface area contributed by atoms with Crippen LogP contribution in [-0.2, 0) is 9.53 Å². The largest absolute Gasteiger partial charge is 0.478 e. The molecule has 0 spiro atoms. The molecule has 1 heterocycles. The minimum Gasteiger partial charge on any atom is -0.478 e. The number of ether oxygens (including phenoxy) is 2. The average Bonchev–Trinajstić information content (AvgIpc) is 2.43. The number of hydrogen-bond acceptors (Lipinski definition) is 3. The van der Waals surface area contributed by atoms with E-state index < -0.39 is 0 Å². The number of methoxy groups -OCH3 is 1. The maximum atomic E-state index is 12.5. The van der Waals surface area contributed by atoms with Crippen LogP contribution in [0.2, 0.25) is 0 Å². The highest BCUT2D eigenvalue weighted by molar-refractivity contribution is 6.00. The van der Waals surface area contributed by atoms with Gasteiger partial charge in [-0.2, -0.15) is 0 Å². The van der Waals surface area contributed by atoms with E-state index >= 15 is 0 Å². The van der Waals surface area contributed by atoms with E-state index in [1.54, 1.807) is 7.11 Å². The van der Waals surface area contributed by atoms with Crippen LogP contribution in [0.3, 0.4) is 0 Å². The van der Waals surface area contributed by atoms with Gasteiger partial charge in [-0.3, -0.25) is 4.79 Å². The van der Waals surface area contributed by atoms with Crippen LogP contribution in [0.4, 0.5) is 5.69 Å². The Kier molecular flexibility index (Phi) is 4.65. The lowest BCUT2D eigenvalue weighted by Gasteiger charge is -2.34. The maximum Gasteiger partial charge on any atom is 0.268 e. The van der Waals surface area contributed by atoms with Gasteiger partial charge in [-0.25, -0.2) is 0 Å². The van der Waals surface area contributed by atoms with Crippen LogP contribution in [0.15, 0.2) is 12.1 Å². The maximum absolute atomic E-state index is 12.5. The molecule has 4 nitrogen and oxygen atoms in total. The normalized spacial score (nSPS) is 17.9. The lowest BCUT2D eigenvalue weighted by atomic mass is 10.0. The molecule has 0 saturated heterocycles. The smallest absolute Gasteiger partial charge is 0.268 e. The number of fused-ring (bicyclic) bond motifs is 1. The van der Waals surface area contributed by atoms with Crippen LogP contribution in [-0.4, -0.2) is 32.3 Å². The zero-order chi connectivity index (χ0) is 14.7. The molecule has 0 aliphatic carbocycles. The number of carbonyl (C=O) groups excluding carboxylic acids is 1. The summed E-state index contributed by atoms with van der Waals surface area (Å²) in [4.78, 5) is 14.3. The van der Waals surface area contributed by atoms with Crippen LogP contribution in [0.25, 0.3) is 0 Å². The van der Waals surface area contributed by atoms with Crippen LogP contribution >= 0.6 is 0 Å². The number of aryl methyl sites for hydroxylation is 2. The first-order valence-corrected chi connectivity index (χ1v) is 7.16. The van der Waals surface area contributed by atoms with Crippen molar-refractivity contribution in [1.82, 2.24) is 0 Å². The Balaban J connectivity index is 2.33. The summed E-state index contributed by atoms with van der Waals surface area (Å²) in [6, 6.07) is 4.07. The highest BCUT2D eigenvalue weighted by atomic mass is 16.5. The third-order valence-electron chi connectivity index (χ3n) is 3.78. The van der Waals surface area contributed by atoms with Crippen LogP contribution < -0.4 is 9.64 Å². The summed E-state index contributed by atoms with van der Waals surface area (Å²) in [7, 11) is 1.68. The first-order chi connectivity index (χ1) is 9.58. The lowest BCUT2D eigenvalue weighted by molar-refractivity contribution is -0.126. The topological polar surface area (TPSA) is 38.8 Å². The van der Waals surface area contributed by atoms with Gasteiger partial charge in [-0.05, 0) is 49.9 Å². The molecule has 0 bridgehead atoms. The Morgan fingerprint density at radius 1 is 1.30 bits per heavy atom. The highest BCUT2D eigenvalue weighted by Gasteiger charge is 2.33. The second-order valence-electron chi connectivity index (χ2n) is 5.26. The zero-order valence-corrected chi connectivity index (χ0v) is 12.7. The highest BCUT2D eigenvalue weighted by Crippen LogP contribution is 2.37. The summed E-state index contributed by atoms with van der Waals surface area (Å²) in [6.07, 6.45) is 1.14. The molecule has 0 N–H and O–H groups in total. The summed E-state index contributed by atoms with van der Waals surface area (Å²) < 4.78 is 10.9. The van der Waals surface area contributed by atoms with Crippen molar-refractivity contribution in [2.45, 2.75) is 39.7 Å². The molecular weight excluding hydrogens is 254 g/mol. The van der Waals surface area contributed by atoms with E-state index in [0.717, 1.165) is 17.9 Å². The SMILES string of the molecule is CCC1Oc2cc(C)c(C)cc2N(CCCOC)C1=O. The predicted molar refractivity (Wildman–Crippen MR) is 79.5 cm³/mol. The summed E-state index contributed by atoms with van der Waals surface area (Å²) in [5.41, 5.74) is 3.25. The summed E-state index contributed by atoms with van der Waals surface area (Å²) in [5, 5.41) is 0. The fourth-order valence-corrected chi connectivity index (χ4v) is 2.43. The zero-order valence-electron chi connectivity index (χ0n) is 12.7. The van der Waals surface area contributed by atoms with Crippen molar-refractivity contribution < 1.29 is 14.3 Å². The molecule has 110 valence electrons. The second-order valence-corrected chi connectivity index (χ2v) is 5.26. The molecule has 1 amide bonds. The van der Waals surface area contributed by atoms with Crippen molar-refractivity contribution in [2.75, 3.05) is 25.2 Å². The van der Waals surface area contributed by atoms with Gasteiger partial charge in [-0.15, -0.1) is 0 Å². The number of hydrogen-bond donors (Lipinski definition) is 0. The van der Waals surface area contributed by atoms with E-state index in [2.05, 4.69) is 13.8 Å². The van der Waals surface area contributed by atoms with Crippen molar-refractivity contribution in [3.8, 4) is 5.75 Å². The Bertz CT molecular complexity index is 499. The van der Waals surface area contributed by atoms with Gasteiger partial charge in [0.2, 0.25) is 0 Å². The molecule has 0 radical (unpaired) electrons. The molecule has 20 heavy (non-hydrogen) atoms. The van der Waals surface area contributed by atoms with Crippen molar-refractivity contribution >= 4 is 11.6 Å². The summed E-state index contributed by atoms with van der Waals surface area (Å²) in [6.45, 7) is 7.41. The molecule has 0 saturated carbocycles. The molecule has 1 aliphatic heterocycles. The van der Waals surface area contributed by atoms with Crippen molar-refractivity contribution in [3.05, 3.63) is 23.3 Å². The number of rotatable bonds is 5. The van der Waals surface area contributed by atoms with E-state index in [4.69, 9.17) is 9.47 Å². The Morgan fingerprint density at radius 2 is 2.00 bits per heavy atom. The van der Waals surface area contributed by atoms with Gasteiger partial charge in [0.15, 0.2) is 6.10 Å². The minimum atomic E-state index is -0.368. The number of amides is 1. The van der Waals surface area contributed by atoms with E-state index in [1.165, 1.54) is 11.1 Å². The molecule has 1 aromatic carbocycles. The standard InChI is InChI=1S/C16H23NO3/c1-5-14-16(18)17(7-6-8-19-4)13-9-11(2)12(3)10-15(13)20-14/h9-10,14H,5-8H2,1-4H3. The number of nitrogens with zero attached hydrogens (tertiary/aromatic N) is 1. The first kappa shape index (κ1) is 14.9. The second kappa shape index (κ2) is 6.27. The van der Waals surface area contributed by atoms with Crippen LogP contribution in [0.1, 0.15) is 30.9 Å². The minimum absolute atomic E-state index is 0.0550. The fraction of sp³-hybridized carbons (Fsp3) is 0.562. The van der Waals surface area contributed by atoms with Gasteiger partial charge in [0.25, 0.3) is 5.91 Å². The molecule has 2 rings (SSSR count). The van der Waals surface area contributed by atoms with E-state index in [1.807, 2.05) is 24.0 Å². The molecular formula is C16H23NO3. The van der Waals surface area contributed by atoms with Crippen LogP contribution in [0, 0.1) is 13.8 Å². The van der Waals surface area contributed by atoms with Gasteiger partial charge < -0.3 is 14.4 Å². The van der Waals surface area contributed by atoms with Crippen LogP contribution in [0.5, 0.6) is 5.75 Å². The number of benzene rings is 1. The molecule has 0 aromatic heterocycles. The van der Waals surface area contributed by atoms with E-state index in [-0.39, 0.29) is 12.0 Å². The van der Waals surface area contributed by atoms with Gasteiger partial charge in [0, 0.05) is 20.3 Å². The van der Waals surface area contributed by atoms with E-state index in [0.29, 0.717) is 19.6 Å². The Morgan fingerprint density at radius 3 is 2.65 bits per heavy atom. The third-order valence-corrected chi connectivity index (χ3v) is 3.78. The summed E-state index contributed by atoms with van der Waals surface area (Å²) >= 11 is 0. The Hall–Kier alpha value is -1.55. The lowest BCUT2D eigenvalue weighted by Crippen LogP contribution is -2.46. The number of anilines is 1. The summed E-state index contributed by atoms with van der Waals surface area (Å²) in [5.74, 6) is 0.872. The molecule has 0 fully saturated rings. The first-order valence-electron chi connectivity index (χ1n) is 7.16. The fourth-order valence-electron chi connectivity index (χ4n) is 2.43. The van der Waals surface area contributed by atoms with Gasteiger partial charge in [0.05, 0.1) is 5.69 Å². The molecule has 4 heteroatoms. The molecule has 1 atom stereocenters. The van der Waals surface area contributed by atoms with Crippen molar-refractivity contribution in [1.29, 1.82) is 0 Å².